The molecule has 3 N–H and O–H groups in total. The lowest BCUT2D eigenvalue weighted by Crippen LogP contribution is -2.37. The SMILES string of the molecule is COC(CNC(=O)OCC1c2ccccc2-c2ccccc21)CC(=O)NC/C=C(\C)C(=O)O. The third kappa shape index (κ3) is 6.20. The van der Waals surface area contributed by atoms with E-state index in [2.05, 4.69) is 22.8 Å². The lowest BCUT2D eigenvalue weighted by molar-refractivity contribution is -0.132. The molecule has 1 atom stereocenters. The second kappa shape index (κ2) is 11.3. The number of carbonyl (C=O) groups excluding carboxylic acids is 2. The average molecular weight is 453 g/mol. The molecule has 1 aliphatic rings. The molecule has 33 heavy (non-hydrogen) atoms. The molecular weight excluding hydrogens is 424 g/mol. The molecule has 1 unspecified atom stereocenters. The Kier molecular flexibility index (Phi) is 8.21. The zero-order chi connectivity index (χ0) is 23.8. The van der Waals surface area contributed by atoms with E-state index in [0.717, 1.165) is 22.3 Å². The molecule has 3 rings (SSSR count). The standard InChI is InChI=1S/C25H28N2O6/c1-16(24(29)30)11-12-26-23(28)13-17(32-2)14-27-25(31)33-15-22-20-9-5-3-7-18(20)19-8-4-6-10-21(19)22/h3-11,17,22H,12-15H2,1-2H3,(H,26,28)(H,27,31)(H,29,30)/b16-11+. The number of amides is 2. The normalized spacial score (nSPS) is 13.6. The smallest absolute Gasteiger partial charge is 0.407 e. The molecule has 174 valence electrons. The first-order valence-corrected chi connectivity index (χ1v) is 10.7. The van der Waals surface area contributed by atoms with Crippen molar-refractivity contribution in [3.63, 3.8) is 0 Å². The predicted molar refractivity (Wildman–Crippen MR) is 123 cm³/mol. The molecular formula is C25H28N2O6. The minimum absolute atomic E-state index is 0.0140. The summed E-state index contributed by atoms with van der Waals surface area (Å²) in [7, 11) is 1.45. The van der Waals surface area contributed by atoms with Crippen molar-refractivity contribution in [2.24, 2.45) is 0 Å². The fraction of sp³-hybridized carbons (Fsp3) is 0.320. The van der Waals surface area contributed by atoms with E-state index in [-0.39, 0.29) is 43.5 Å². The molecule has 0 radical (unpaired) electrons. The molecule has 0 saturated heterocycles. The molecule has 0 spiro atoms. The van der Waals surface area contributed by atoms with Gasteiger partial charge in [0.2, 0.25) is 5.91 Å². The van der Waals surface area contributed by atoms with E-state index in [9.17, 15) is 14.4 Å². The van der Waals surface area contributed by atoms with E-state index < -0.39 is 18.2 Å². The second-order valence-corrected chi connectivity index (χ2v) is 7.76. The number of rotatable bonds is 10. The molecule has 1 aliphatic carbocycles. The maximum Gasteiger partial charge on any atom is 0.407 e. The maximum atomic E-state index is 12.3. The van der Waals surface area contributed by atoms with Crippen molar-refractivity contribution in [3.8, 4) is 11.1 Å². The summed E-state index contributed by atoms with van der Waals surface area (Å²) in [6.07, 6.45) is 0.297. The first-order chi connectivity index (χ1) is 15.9. The zero-order valence-electron chi connectivity index (χ0n) is 18.7. The van der Waals surface area contributed by atoms with E-state index in [4.69, 9.17) is 14.6 Å². The molecule has 0 fully saturated rings. The van der Waals surface area contributed by atoms with Crippen LogP contribution in [-0.2, 0) is 19.1 Å². The Bertz CT molecular complexity index is 1000. The van der Waals surface area contributed by atoms with Gasteiger partial charge in [-0.1, -0.05) is 54.6 Å². The first-order valence-electron chi connectivity index (χ1n) is 10.7. The van der Waals surface area contributed by atoms with E-state index >= 15 is 0 Å². The summed E-state index contributed by atoms with van der Waals surface area (Å²) in [5, 5.41) is 14.1. The van der Waals surface area contributed by atoms with Crippen LogP contribution in [0.3, 0.4) is 0 Å². The van der Waals surface area contributed by atoms with E-state index in [0.29, 0.717) is 0 Å². The number of hydrogen-bond donors (Lipinski definition) is 3. The second-order valence-electron chi connectivity index (χ2n) is 7.76. The number of hydrogen-bond acceptors (Lipinski definition) is 5. The summed E-state index contributed by atoms with van der Waals surface area (Å²) >= 11 is 0. The lowest BCUT2D eigenvalue weighted by Gasteiger charge is -2.17. The van der Waals surface area contributed by atoms with Crippen LogP contribution in [0.5, 0.6) is 0 Å². The first kappa shape index (κ1) is 24.0. The van der Waals surface area contributed by atoms with Crippen LogP contribution in [-0.4, -0.2) is 56.0 Å². The summed E-state index contributed by atoms with van der Waals surface area (Å²) in [5.74, 6) is -1.38. The third-order valence-corrected chi connectivity index (χ3v) is 5.61. The summed E-state index contributed by atoms with van der Waals surface area (Å²) in [5.41, 5.74) is 4.72. The summed E-state index contributed by atoms with van der Waals surface area (Å²) in [6, 6.07) is 16.2. The van der Waals surface area contributed by atoms with Crippen LogP contribution >= 0.6 is 0 Å². The Balaban J connectivity index is 1.47. The van der Waals surface area contributed by atoms with Gasteiger partial charge in [-0.15, -0.1) is 0 Å². The predicted octanol–water partition coefficient (Wildman–Crippen LogP) is 3.08. The highest BCUT2D eigenvalue weighted by molar-refractivity contribution is 5.86. The Morgan fingerprint density at radius 1 is 1.03 bits per heavy atom. The highest BCUT2D eigenvalue weighted by Crippen LogP contribution is 2.44. The number of fused-ring (bicyclic) bond motifs is 3. The largest absolute Gasteiger partial charge is 0.478 e. The third-order valence-electron chi connectivity index (χ3n) is 5.61. The molecule has 0 aliphatic heterocycles. The molecule has 0 heterocycles. The number of aliphatic carboxylic acids is 1. The number of benzene rings is 2. The minimum Gasteiger partial charge on any atom is -0.478 e. The van der Waals surface area contributed by atoms with Crippen LogP contribution in [0.4, 0.5) is 4.79 Å². The van der Waals surface area contributed by atoms with Crippen LogP contribution in [0.15, 0.2) is 60.2 Å². The molecule has 0 saturated carbocycles. The van der Waals surface area contributed by atoms with Gasteiger partial charge in [0, 0.05) is 31.7 Å². The van der Waals surface area contributed by atoms with Gasteiger partial charge in [-0.2, -0.15) is 0 Å². The van der Waals surface area contributed by atoms with Crippen molar-refractivity contribution < 1.29 is 29.0 Å². The fourth-order valence-electron chi connectivity index (χ4n) is 3.77. The van der Waals surface area contributed by atoms with Gasteiger partial charge in [-0.3, -0.25) is 4.79 Å². The van der Waals surface area contributed by atoms with Crippen molar-refractivity contribution in [2.45, 2.75) is 25.4 Å². The van der Waals surface area contributed by atoms with Gasteiger partial charge < -0.3 is 25.2 Å². The van der Waals surface area contributed by atoms with Gasteiger partial charge in [0.25, 0.3) is 0 Å². The molecule has 8 heteroatoms. The number of carbonyl (C=O) groups is 3. The van der Waals surface area contributed by atoms with Gasteiger partial charge in [0.15, 0.2) is 0 Å². The topological polar surface area (TPSA) is 114 Å². The van der Waals surface area contributed by atoms with E-state index in [1.54, 1.807) is 0 Å². The van der Waals surface area contributed by atoms with E-state index in [1.165, 1.54) is 20.1 Å². The monoisotopic (exact) mass is 452 g/mol. The molecule has 0 bridgehead atoms. The minimum atomic E-state index is -1.04. The Morgan fingerprint density at radius 2 is 1.64 bits per heavy atom. The summed E-state index contributed by atoms with van der Waals surface area (Å²) in [4.78, 5) is 35.1. The van der Waals surface area contributed by atoms with Crippen molar-refractivity contribution in [1.82, 2.24) is 10.6 Å². The van der Waals surface area contributed by atoms with Crippen molar-refractivity contribution in [1.29, 1.82) is 0 Å². The molecule has 8 nitrogen and oxygen atoms in total. The van der Waals surface area contributed by atoms with Gasteiger partial charge in [0.05, 0.1) is 12.5 Å². The van der Waals surface area contributed by atoms with Crippen LogP contribution in [0.1, 0.15) is 30.4 Å². The quantitative estimate of drug-likeness (QED) is 0.478. The number of carboxylic acids is 1. The number of methoxy groups -OCH3 is 1. The summed E-state index contributed by atoms with van der Waals surface area (Å²) in [6.45, 7) is 1.86. The Hall–Kier alpha value is -3.65. The highest BCUT2D eigenvalue weighted by atomic mass is 16.5. The fourth-order valence-corrected chi connectivity index (χ4v) is 3.77. The van der Waals surface area contributed by atoms with E-state index in [1.807, 2.05) is 36.4 Å². The molecule has 2 aromatic carbocycles. The number of ether oxygens (including phenoxy) is 2. The van der Waals surface area contributed by atoms with Gasteiger partial charge >= 0.3 is 12.1 Å². The maximum absolute atomic E-state index is 12.3. The Labute approximate surface area is 192 Å². The van der Waals surface area contributed by atoms with Crippen LogP contribution in [0.2, 0.25) is 0 Å². The molecule has 2 amide bonds. The van der Waals surface area contributed by atoms with Crippen molar-refractivity contribution in [3.05, 3.63) is 71.3 Å². The molecule has 0 aromatic heterocycles. The van der Waals surface area contributed by atoms with Crippen molar-refractivity contribution >= 4 is 18.0 Å². The number of nitrogens with one attached hydrogen (secondary N) is 2. The zero-order valence-corrected chi connectivity index (χ0v) is 18.7. The van der Waals surface area contributed by atoms with Gasteiger partial charge in [-0.25, -0.2) is 9.59 Å². The van der Waals surface area contributed by atoms with Gasteiger partial charge in [-0.05, 0) is 29.2 Å². The van der Waals surface area contributed by atoms with Crippen LogP contribution in [0.25, 0.3) is 11.1 Å². The number of carboxylic acid groups (broad SMARTS) is 1. The van der Waals surface area contributed by atoms with Crippen molar-refractivity contribution in [2.75, 3.05) is 26.8 Å². The lowest BCUT2D eigenvalue weighted by atomic mass is 9.98. The highest BCUT2D eigenvalue weighted by Gasteiger charge is 2.29. The Morgan fingerprint density at radius 3 is 2.21 bits per heavy atom. The average Bonchev–Trinajstić information content (AvgIpc) is 3.14. The van der Waals surface area contributed by atoms with Crippen LogP contribution < -0.4 is 10.6 Å². The van der Waals surface area contributed by atoms with Crippen LogP contribution in [0, 0.1) is 0 Å². The van der Waals surface area contributed by atoms with Gasteiger partial charge in [0.1, 0.15) is 6.61 Å². The molecule has 2 aromatic rings. The number of alkyl carbamates (subject to hydrolysis) is 1. The summed E-state index contributed by atoms with van der Waals surface area (Å²) < 4.78 is 10.8.